The van der Waals surface area contributed by atoms with Crippen molar-refractivity contribution in [3.8, 4) is 0 Å². The molecule has 0 aliphatic rings. The summed E-state index contributed by atoms with van der Waals surface area (Å²) < 4.78 is 2.37. The van der Waals surface area contributed by atoms with Crippen LogP contribution in [-0.2, 0) is 19.5 Å². The zero-order valence-electron chi connectivity index (χ0n) is 16.5. The first-order valence-electron chi connectivity index (χ1n) is 10.2. The van der Waals surface area contributed by atoms with Crippen molar-refractivity contribution < 1.29 is 0 Å². The van der Waals surface area contributed by atoms with Crippen molar-refractivity contribution in [2.45, 2.75) is 38.9 Å². The molecule has 0 radical (unpaired) electrons. The van der Waals surface area contributed by atoms with E-state index in [2.05, 4.69) is 108 Å². The van der Waals surface area contributed by atoms with Crippen molar-refractivity contribution in [2.75, 3.05) is 0 Å². The van der Waals surface area contributed by atoms with E-state index in [0.717, 1.165) is 25.9 Å². The largest absolute Gasteiger partial charge is 0.343 e. The van der Waals surface area contributed by atoms with Gasteiger partial charge < -0.3 is 9.88 Å². The van der Waals surface area contributed by atoms with Gasteiger partial charge in [-0.25, -0.2) is 0 Å². The van der Waals surface area contributed by atoms with Crippen molar-refractivity contribution in [1.29, 1.82) is 0 Å². The quantitative estimate of drug-likeness (QED) is 0.416. The zero-order valence-corrected chi connectivity index (χ0v) is 16.5. The molecule has 4 aromatic rings. The van der Waals surface area contributed by atoms with Gasteiger partial charge in [-0.3, -0.25) is 0 Å². The highest BCUT2D eigenvalue weighted by Gasteiger charge is 2.10. The van der Waals surface area contributed by atoms with E-state index in [9.17, 15) is 0 Å². The molecule has 0 unspecified atom stereocenters. The highest BCUT2D eigenvalue weighted by Crippen LogP contribution is 2.22. The van der Waals surface area contributed by atoms with Crippen molar-refractivity contribution in [3.05, 3.63) is 108 Å². The van der Waals surface area contributed by atoms with Crippen LogP contribution in [-0.4, -0.2) is 10.6 Å². The van der Waals surface area contributed by atoms with Crippen LogP contribution >= 0.6 is 0 Å². The van der Waals surface area contributed by atoms with Gasteiger partial charge in [-0.2, -0.15) is 0 Å². The third kappa shape index (κ3) is 4.52. The summed E-state index contributed by atoms with van der Waals surface area (Å²) in [5.41, 5.74) is 5.42. The third-order valence-electron chi connectivity index (χ3n) is 5.42. The zero-order chi connectivity index (χ0) is 19.2. The molecule has 0 fully saturated rings. The summed E-state index contributed by atoms with van der Waals surface area (Å²) in [6.07, 6.45) is 4.58. The number of rotatable bonds is 8. The summed E-state index contributed by atoms with van der Waals surface area (Å²) in [7, 11) is 0. The fourth-order valence-corrected chi connectivity index (χ4v) is 3.79. The third-order valence-corrected chi connectivity index (χ3v) is 5.42. The second-order valence-electron chi connectivity index (χ2n) is 7.59. The van der Waals surface area contributed by atoms with Gasteiger partial charge in [0.2, 0.25) is 0 Å². The molecular formula is C26H28N2. The Kier molecular flexibility index (Phi) is 5.89. The molecular weight excluding hydrogens is 340 g/mol. The summed E-state index contributed by atoms with van der Waals surface area (Å²) in [5.74, 6) is 0. The van der Waals surface area contributed by atoms with Crippen LogP contribution in [0.1, 0.15) is 30.0 Å². The van der Waals surface area contributed by atoms with E-state index >= 15 is 0 Å². The fourth-order valence-electron chi connectivity index (χ4n) is 3.79. The Balaban J connectivity index is 1.43. The summed E-state index contributed by atoms with van der Waals surface area (Å²) >= 11 is 0. The van der Waals surface area contributed by atoms with E-state index in [4.69, 9.17) is 0 Å². The van der Waals surface area contributed by atoms with Gasteiger partial charge in [0.1, 0.15) is 0 Å². The van der Waals surface area contributed by atoms with E-state index in [0.29, 0.717) is 6.04 Å². The van der Waals surface area contributed by atoms with Gasteiger partial charge >= 0.3 is 0 Å². The van der Waals surface area contributed by atoms with Crippen LogP contribution in [0.5, 0.6) is 0 Å². The molecule has 1 atom stereocenters. The lowest BCUT2D eigenvalue weighted by atomic mass is 10.1. The second kappa shape index (κ2) is 8.90. The van der Waals surface area contributed by atoms with Gasteiger partial charge in [-0.05, 0) is 42.5 Å². The first-order chi connectivity index (χ1) is 13.8. The molecule has 4 rings (SSSR count). The Morgan fingerprint density at radius 1 is 0.786 bits per heavy atom. The molecule has 3 aromatic carbocycles. The molecule has 0 aliphatic carbocycles. The Labute approximate surface area is 167 Å². The average molecular weight is 369 g/mol. The molecule has 2 nitrogen and oxygen atoms in total. The first kappa shape index (κ1) is 18.5. The molecule has 0 saturated heterocycles. The van der Waals surface area contributed by atoms with Gasteiger partial charge in [0.25, 0.3) is 0 Å². The molecule has 1 aromatic heterocycles. The van der Waals surface area contributed by atoms with Crippen molar-refractivity contribution in [1.82, 2.24) is 9.88 Å². The van der Waals surface area contributed by atoms with Crippen LogP contribution in [0, 0.1) is 0 Å². The Morgan fingerprint density at radius 3 is 2.18 bits per heavy atom. The van der Waals surface area contributed by atoms with Crippen molar-refractivity contribution >= 4 is 10.9 Å². The van der Waals surface area contributed by atoms with E-state index in [1.165, 1.54) is 27.6 Å². The van der Waals surface area contributed by atoms with Crippen LogP contribution in [0.3, 0.4) is 0 Å². The molecule has 2 heteroatoms. The van der Waals surface area contributed by atoms with Gasteiger partial charge in [-0.15, -0.1) is 0 Å². The van der Waals surface area contributed by atoms with Crippen LogP contribution in [0.2, 0.25) is 0 Å². The number of aryl methyl sites for hydroxylation is 1. The first-order valence-corrected chi connectivity index (χ1v) is 10.2. The Hall–Kier alpha value is -2.84. The molecule has 142 valence electrons. The Bertz CT molecular complexity index is 1000. The molecule has 0 amide bonds. The molecule has 0 bridgehead atoms. The standard InChI is InChI=1S/C26H28N2/c1-21(16-17-22-10-4-2-5-11-22)27-18-24-20-28(19-23-12-6-3-7-13-23)26-15-9-8-14-25(24)26/h2-15,20-21,27H,16-19H2,1H3/t21-/m0/s1. The van der Waals surface area contributed by atoms with Gasteiger partial charge in [-0.1, -0.05) is 78.9 Å². The van der Waals surface area contributed by atoms with E-state index in [-0.39, 0.29) is 0 Å². The molecule has 0 saturated carbocycles. The van der Waals surface area contributed by atoms with Gasteiger partial charge in [0, 0.05) is 36.2 Å². The van der Waals surface area contributed by atoms with Crippen molar-refractivity contribution in [3.63, 3.8) is 0 Å². The molecule has 1 N–H and O–H groups in total. The monoisotopic (exact) mass is 368 g/mol. The Morgan fingerprint density at radius 2 is 1.43 bits per heavy atom. The van der Waals surface area contributed by atoms with Gasteiger partial charge in [0.05, 0.1) is 0 Å². The molecule has 0 spiro atoms. The van der Waals surface area contributed by atoms with Crippen LogP contribution in [0.4, 0.5) is 0 Å². The number of benzene rings is 3. The van der Waals surface area contributed by atoms with Crippen molar-refractivity contribution in [2.24, 2.45) is 0 Å². The summed E-state index contributed by atoms with van der Waals surface area (Å²) in [4.78, 5) is 0. The predicted molar refractivity (Wildman–Crippen MR) is 119 cm³/mol. The maximum atomic E-state index is 3.73. The second-order valence-corrected chi connectivity index (χ2v) is 7.59. The average Bonchev–Trinajstić information content (AvgIpc) is 3.10. The predicted octanol–water partition coefficient (Wildman–Crippen LogP) is 5.80. The lowest BCUT2D eigenvalue weighted by molar-refractivity contribution is 0.514. The van der Waals surface area contributed by atoms with E-state index in [1.54, 1.807) is 0 Å². The molecule has 1 heterocycles. The van der Waals surface area contributed by atoms with E-state index < -0.39 is 0 Å². The minimum absolute atomic E-state index is 0.483. The van der Waals surface area contributed by atoms with Crippen LogP contribution < -0.4 is 5.32 Å². The number of nitrogens with zero attached hydrogens (tertiary/aromatic N) is 1. The van der Waals surface area contributed by atoms with Crippen LogP contribution in [0.15, 0.2) is 91.1 Å². The van der Waals surface area contributed by atoms with E-state index in [1.807, 2.05) is 0 Å². The minimum Gasteiger partial charge on any atom is -0.343 e. The topological polar surface area (TPSA) is 17.0 Å². The number of fused-ring (bicyclic) bond motifs is 1. The highest BCUT2D eigenvalue weighted by molar-refractivity contribution is 5.84. The minimum atomic E-state index is 0.483. The summed E-state index contributed by atoms with van der Waals surface area (Å²) in [6.45, 7) is 4.09. The number of nitrogens with one attached hydrogen (secondary N) is 1. The fraction of sp³-hybridized carbons (Fsp3) is 0.231. The number of hydrogen-bond acceptors (Lipinski definition) is 1. The smallest absolute Gasteiger partial charge is 0.0486 e. The molecule has 28 heavy (non-hydrogen) atoms. The maximum absolute atomic E-state index is 3.73. The normalized spacial score (nSPS) is 12.3. The summed E-state index contributed by atoms with van der Waals surface area (Å²) in [6, 6.07) is 30.6. The SMILES string of the molecule is C[C@@H](CCc1ccccc1)NCc1cn(Cc2ccccc2)c2ccccc12. The number of hydrogen-bond donors (Lipinski definition) is 1. The number of aromatic nitrogens is 1. The maximum Gasteiger partial charge on any atom is 0.0486 e. The number of para-hydroxylation sites is 1. The lowest BCUT2D eigenvalue weighted by Gasteiger charge is -2.13. The van der Waals surface area contributed by atoms with Crippen LogP contribution in [0.25, 0.3) is 10.9 Å². The summed E-state index contributed by atoms with van der Waals surface area (Å²) in [5, 5.41) is 5.07. The van der Waals surface area contributed by atoms with Gasteiger partial charge in [0.15, 0.2) is 0 Å². The lowest BCUT2D eigenvalue weighted by Crippen LogP contribution is -2.25. The molecule has 0 aliphatic heterocycles. The highest BCUT2D eigenvalue weighted by atomic mass is 15.0.